The minimum Gasteiger partial charge on any atom is -0.496 e. The van der Waals surface area contributed by atoms with Gasteiger partial charge in [-0.25, -0.2) is 0 Å². The van der Waals surface area contributed by atoms with Crippen molar-refractivity contribution in [3.63, 3.8) is 0 Å². The third kappa shape index (κ3) is 2.82. The summed E-state index contributed by atoms with van der Waals surface area (Å²) >= 11 is 0. The highest BCUT2D eigenvalue weighted by molar-refractivity contribution is 5.94. The number of ketones is 1. The van der Waals surface area contributed by atoms with E-state index in [1.54, 1.807) is 22.8 Å². The van der Waals surface area contributed by atoms with Gasteiger partial charge in [0.05, 0.1) is 13.7 Å². The van der Waals surface area contributed by atoms with Crippen LogP contribution in [0, 0.1) is 10.1 Å². The van der Waals surface area contributed by atoms with E-state index in [0.29, 0.717) is 17.9 Å². The summed E-state index contributed by atoms with van der Waals surface area (Å²) in [4.78, 5) is 25.1. The molecule has 1 aromatic heterocycles. The standard InChI is InChI=1S/C13H13N3O4/c1-9(17)10-3-4-12(20-2)11(5-10)6-15-7-13(14-8-15)16(18)19/h3-5,7-8H,6H2,1-2H3. The Hall–Kier alpha value is -2.70. The summed E-state index contributed by atoms with van der Waals surface area (Å²) in [6.07, 6.45) is 2.71. The molecule has 7 heteroatoms. The summed E-state index contributed by atoms with van der Waals surface area (Å²) < 4.78 is 6.80. The molecular formula is C13H13N3O4. The third-order valence-electron chi connectivity index (χ3n) is 2.85. The van der Waals surface area contributed by atoms with Crippen LogP contribution < -0.4 is 4.74 Å². The predicted molar refractivity (Wildman–Crippen MR) is 71.0 cm³/mol. The topological polar surface area (TPSA) is 87.3 Å². The van der Waals surface area contributed by atoms with Crippen molar-refractivity contribution < 1.29 is 14.5 Å². The maximum atomic E-state index is 11.4. The van der Waals surface area contributed by atoms with Crippen molar-refractivity contribution in [2.75, 3.05) is 7.11 Å². The maximum Gasteiger partial charge on any atom is 0.381 e. The number of hydrogen-bond donors (Lipinski definition) is 0. The number of carbonyl (C=O) groups is 1. The number of rotatable bonds is 5. The first-order valence-electron chi connectivity index (χ1n) is 5.85. The molecule has 1 aromatic carbocycles. The Bertz CT molecular complexity index is 663. The Morgan fingerprint density at radius 2 is 2.25 bits per heavy atom. The lowest BCUT2D eigenvalue weighted by Gasteiger charge is -2.09. The molecule has 1 heterocycles. The molecule has 0 aliphatic carbocycles. The van der Waals surface area contributed by atoms with Gasteiger partial charge < -0.3 is 19.4 Å². The smallest absolute Gasteiger partial charge is 0.381 e. The van der Waals surface area contributed by atoms with Crippen LogP contribution in [-0.2, 0) is 6.54 Å². The van der Waals surface area contributed by atoms with Crippen molar-refractivity contribution in [2.45, 2.75) is 13.5 Å². The van der Waals surface area contributed by atoms with Crippen molar-refractivity contribution in [3.05, 3.63) is 52.0 Å². The number of nitro groups is 1. The Morgan fingerprint density at radius 3 is 2.80 bits per heavy atom. The van der Waals surface area contributed by atoms with Crippen molar-refractivity contribution in [2.24, 2.45) is 0 Å². The third-order valence-corrected chi connectivity index (χ3v) is 2.85. The lowest BCUT2D eigenvalue weighted by atomic mass is 10.1. The molecule has 0 aliphatic rings. The summed E-state index contributed by atoms with van der Waals surface area (Å²) in [7, 11) is 1.53. The number of benzene rings is 1. The monoisotopic (exact) mass is 275 g/mol. The second-order valence-corrected chi connectivity index (χ2v) is 4.24. The molecular weight excluding hydrogens is 262 g/mol. The van der Waals surface area contributed by atoms with E-state index in [1.165, 1.54) is 26.6 Å². The summed E-state index contributed by atoms with van der Waals surface area (Å²) in [5, 5.41) is 10.6. The minimum absolute atomic E-state index is 0.0504. The van der Waals surface area contributed by atoms with Crippen molar-refractivity contribution >= 4 is 11.6 Å². The van der Waals surface area contributed by atoms with Crippen LogP contribution in [0.1, 0.15) is 22.8 Å². The molecule has 0 spiro atoms. The molecule has 20 heavy (non-hydrogen) atoms. The lowest BCUT2D eigenvalue weighted by Crippen LogP contribution is -2.02. The van der Waals surface area contributed by atoms with Gasteiger partial charge in [0.2, 0.25) is 6.33 Å². The van der Waals surface area contributed by atoms with E-state index < -0.39 is 4.92 Å². The van der Waals surface area contributed by atoms with Gasteiger partial charge in [-0.15, -0.1) is 0 Å². The van der Waals surface area contributed by atoms with Gasteiger partial charge >= 0.3 is 5.82 Å². The summed E-state index contributed by atoms with van der Waals surface area (Å²) in [5.74, 6) is 0.351. The number of nitrogens with zero attached hydrogens (tertiary/aromatic N) is 3. The quantitative estimate of drug-likeness (QED) is 0.473. The van der Waals surface area contributed by atoms with Crippen LogP contribution in [0.4, 0.5) is 5.82 Å². The molecule has 0 saturated carbocycles. The van der Waals surface area contributed by atoms with E-state index in [1.807, 2.05) is 0 Å². The summed E-state index contributed by atoms with van der Waals surface area (Å²) in [6, 6.07) is 5.10. The van der Waals surface area contributed by atoms with Crippen LogP contribution in [0.2, 0.25) is 0 Å². The Kier molecular flexibility index (Phi) is 3.79. The molecule has 0 atom stereocenters. The fourth-order valence-corrected chi connectivity index (χ4v) is 1.85. The number of hydrogen-bond acceptors (Lipinski definition) is 5. The normalized spacial score (nSPS) is 10.3. The van der Waals surface area contributed by atoms with Gasteiger partial charge in [0, 0.05) is 11.1 Å². The SMILES string of the molecule is COc1ccc(C(C)=O)cc1Cn1cnc([N+](=O)[O-])c1. The molecule has 104 valence electrons. The molecule has 0 unspecified atom stereocenters. The highest BCUT2D eigenvalue weighted by atomic mass is 16.6. The number of carbonyl (C=O) groups excluding carboxylic acids is 1. The molecule has 0 amide bonds. The van der Waals surface area contributed by atoms with Crippen LogP contribution in [0.5, 0.6) is 5.75 Å². The van der Waals surface area contributed by atoms with Crippen molar-refractivity contribution in [1.82, 2.24) is 9.55 Å². The second kappa shape index (κ2) is 5.52. The summed E-state index contributed by atoms with van der Waals surface area (Å²) in [5.41, 5.74) is 1.32. The van der Waals surface area contributed by atoms with Gasteiger partial charge in [-0.1, -0.05) is 0 Å². The molecule has 7 nitrogen and oxygen atoms in total. The zero-order chi connectivity index (χ0) is 14.7. The van der Waals surface area contributed by atoms with E-state index in [-0.39, 0.29) is 11.6 Å². The molecule has 0 fully saturated rings. The lowest BCUT2D eigenvalue weighted by molar-refractivity contribution is -0.389. The van der Waals surface area contributed by atoms with Crippen molar-refractivity contribution in [1.29, 1.82) is 0 Å². The van der Waals surface area contributed by atoms with E-state index in [2.05, 4.69) is 4.98 Å². The molecule has 2 aromatic rings. The van der Waals surface area contributed by atoms with Gasteiger partial charge in [0.25, 0.3) is 0 Å². The number of aromatic nitrogens is 2. The van der Waals surface area contributed by atoms with Crippen molar-refractivity contribution in [3.8, 4) is 5.75 Å². The van der Waals surface area contributed by atoms with Gasteiger partial charge in [-0.05, 0) is 35.0 Å². The van der Waals surface area contributed by atoms with E-state index in [9.17, 15) is 14.9 Å². The summed E-state index contributed by atoms with van der Waals surface area (Å²) in [6.45, 7) is 1.82. The molecule has 0 N–H and O–H groups in total. The van der Waals surface area contributed by atoms with Crippen LogP contribution >= 0.6 is 0 Å². The first-order valence-corrected chi connectivity index (χ1v) is 5.85. The van der Waals surface area contributed by atoms with Gasteiger partial charge in [-0.3, -0.25) is 4.79 Å². The second-order valence-electron chi connectivity index (χ2n) is 4.24. The number of Topliss-reactive ketones (excluding diaryl/α,β-unsaturated/α-hetero) is 1. The molecule has 0 aliphatic heterocycles. The zero-order valence-electron chi connectivity index (χ0n) is 11.1. The first kappa shape index (κ1) is 13.7. The average Bonchev–Trinajstić information content (AvgIpc) is 2.87. The largest absolute Gasteiger partial charge is 0.496 e. The first-order chi connectivity index (χ1) is 9.51. The fourth-order valence-electron chi connectivity index (χ4n) is 1.85. The highest BCUT2D eigenvalue weighted by Gasteiger charge is 2.12. The van der Waals surface area contributed by atoms with Crippen LogP contribution in [-0.4, -0.2) is 27.4 Å². The number of methoxy groups -OCH3 is 1. The Morgan fingerprint density at radius 1 is 1.50 bits per heavy atom. The van der Waals surface area contributed by atoms with Crippen LogP contribution in [0.3, 0.4) is 0 Å². The van der Waals surface area contributed by atoms with Gasteiger partial charge in [0.1, 0.15) is 11.9 Å². The fraction of sp³-hybridized carbons (Fsp3) is 0.231. The number of imidazole rings is 1. The van der Waals surface area contributed by atoms with E-state index >= 15 is 0 Å². The maximum absolute atomic E-state index is 11.4. The molecule has 2 rings (SSSR count). The van der Waals surface area contributed by atoms with E-state index in [0.717, 1.165) is 5.56 Å². The van der Waals surface area contributed by atoms with Gasteiger partial charge in [-0.2, -0.15) is 0 Å². The Labute approximate surface area is 115 Å². The predicted octanol–water partition coefficient (Wildman–Crippen LogP) is 2.05. The van der Waals surface area contributed by atoms with E-state index in [4.69, 9.17) is 4.74 Å². The van der Waals surface area contributed by atoms with Crippen LogP contribution in [0.25, 0.3) is 0 Å². The molecule has 0 radical (unpaired) electrons. The van der Waals surface area contributed by atoms with Crippen LogP contribution in [0.15, 0.2) is 30.7 Å². The highest BCUT2D eigenvalue weighted by Crippen LogP contribution is 2.22. The minimum atomic E-state index is -0.556. The Balaban J connectivity index is 2.32. The average molecular weight is 275 g/mol. The molecule has 0 bridgehead atoms. The molecule has 0 saturated heterocycles. The van der Waals surface area contributed by atoms with Gasteiger partial charge in [0.15, 0.2) is 5.78 Å². The zero-order valence-corrected chi connectivity index (χ0v) is 11.1. The number of ether oxygens (including phenoxy) is 1.